The normalized spacial score (nSPS) is 11.5. The van der Waals surface area contributed by atoms with Gasteiger partial charge in [0, 0.05) is 11.8 Å². The highest BCUT2D eigenvalue weighted by molar-refractivity contribution is 7.99. The van der Waals surface area contributed by atoms with E-state index in [4.69, 9.17) is 23.2 Å². The van der Waals surface area contributed by atoms with Crippen LogP contribution in [0.25, 0.3) is 0 Å². The van der Waals surface area contributed by atoms with E-state index >= 15 is 0 Å². The molecule has 116 valence electrons. The monoisotopic (exact) mass is 366 g/mol. The molecule has 3 nitrogen and oxygen atoms in total. The first-order chi connectivity index (χ1) is 10.3. The Morgan fingerprint density at radius 2 is 1.91 bits per heavy atom. The van der Waals surface area contributed by atoms with Crippen LogP contribution >= 0.6 is 35.0 Å². The fourth-order valence-electron chi connectivity index (χ4n) is 1.45. The Morgan fingerprint density at radius 1 is 1.18 bits per heavy atom. The van der Waals surface area contributed by atoms with E-state index in [0.29, 0.717) is 10.6 Å². The van der Waals surface area contributed by atoms with Gasteiger partial charge in [-0.1, -0.05) is 35.0 Å². The highest BCUT2D eigenvalue weighted by Crippen LogP contribution is 2.28. The van der Waals surface area contributed by atoms with Gasteiger partial charge in [0.2, 0.25) is 0 Å². The molecule has 0 atom stereocenters. The Labute approximate surface area is 137 Å². The van der Waals surface area contributed by atoms with Crippen LogP contribution in [0.1, 0.15) is 16.1 Å². The Bertz CT molecular complexity index is 710. The van der Waals surface area contributed by atoms with Crippen LogP contribution in [-0.2, 0) is 6.18 Å². The number of Topliss-reactive ketones (excluding diaryl/α,β-unsaturated/α-hetero) is 1. The van der Waals surface area contributed by atoms with Crippen molar-refractivity contribution >= 4 is 40.7 Å². The van der Waals surface area contributed by atoms with Crippen molar-refractivity contribution in [2.45, 2.75) is 11.3 Å². The third kappa shape index (κ3) is 4.34. The number of carbonyl (C=O) groups is 1. The SMILES string of the molecule is O=C(CSc1nccc(C(F)(F)F)n1)c1ccc(Cl)c(Cl)c1. The lowest BCUT2D eigenvalue weighted by molar-refractivity contribution is -0.141. The van der Waals surface area contributed by atoms with Gasteiger partial charge in [-0.05, 0) is 24.3 Å². The van der Waals surface area contributed by atoms with E-state index in [2.05, 4.69) is 9.97 Å². The molecule has 0 N–H and O–H groups in total. The fraction of sp³-hybridized carbons (Fsp3) is 0.154. The number of nitrogens with zero attached hydrogens (tertiary/aromatic N) is 2. The van der Waals surface area contributed by atoms with E-state index < -0.39 is 11.9 Å². The molecule has 0 saturated heterocycles. The summed E-state index contributed by atoms with van der Waals surface area (Å²) in [5, 5.41) is 0.420. The van der Waals surface area contributed by atoms with Crippen LogP contribution in [0, 0.1) is 0 Å². The van der Waals surface area contributed by atoms with E-state index in [-0.39, 0.29) is 21.7 Å². The maximum Gasteiger partial charge on any atom is 0.433 e. The van der Waals surface area contributed by atoms with E-state index in [1.165, 1.54) is 18.2 Å². The molecular formula is C13H7Cl2F3N2OS. The van der Waals surface area contributed by atoms with Gasteiger partial charge in [-0.2, -0.15) is 13.2 Å². The molecule has 2 rings (SSSR count). The van der Waals surface area contributed by atoms with Crippen molar-refractivity contribution in [2.75, 3.05) is 5.75 Å². The number of halogens is 5. The molecule has 22 heavy (non-hydrogen) atoms. The predicted octanol–water partition coefficient (Wildman–Crippen LogP) is 4.78. The van der Waals surface area contributed by atoms with Gasteiger partial charge in [0.1, 0.15) is 5.69 Å². The molecule has 0 aliphatic rings. The number of ketones is 1. The first-order valence-electron chi connectivity index (χ1n) is 5.78. The van der Waals surface area contributed by atoms with Gasteiger partial charge < -0.3 is 0 Å². The summed E-state index contributed by atoms with van der Waals surface area (Å²) >= 11 is 12.4. The summed E-state index contributed by atoms with van der Waals surface area (Å²) in [7, 11) is 0. The molecular weight excluding hydrogens is 360 g/mol. The molecule has 0 bridgehead atoms. The summed E-state index contributed by atoms with van der Waals surface area (Å²) in [6, 6.07) is 5.14. The van der Waals surface area contributed by atoms with Gasteiger partial charge in [-0.3, -0.25) is 4.79 Å². The molecule has 0 radical (unpaired) electrons. The number of hydrogen-bond acceptors (Lipinski definition) is 4. The first kappa shape index (κ1) is 17.1. The minimum atomic E-state index is -4.55. The van der Waals surface area contributed by atoms with Gasteiger partial charge >= 0.3 is 6.18 Å². The summed E-state index contributed by atoms with van der Waals surface area (Å²) in [4.78, 5) is 19.0. The molecule has 0 aliphatic heterocycles. The lowest BCUT2D eigenvalue weighted by Gasteiger charge is -2.06. The minimum Gasteiger partial charge on any atom is -0.293 e. The second-order valence-electron chi connectivity index (χ2n) is 4.06. The topological polar surface area (TPSA) is 42.9 Å². The Balaban J connectivity index is 2.06. The lowest BCUT2D eigenvalue weighted by atomic mass is 10.1. The van der Waals surface area contributed by atoms with Crippen molar-refractivity contribution in [1.82, 2.24) is 9.97 Å². The molecule has 0 spiro atoms. The summed E-state index contributed by atoms with van der Waals surface area (Å²) in [6.45, 7) is 0. The Morgan fingerprint density at radius 3 is 2.55 bits per heavy atom. The van der Waals surface area contributed by atoms with Crippen LogP contribution in [0.15, 0.2) is 35.6 Å². The van der Waals surface area contributed by atoms with E-state index in [1.807, 2.05) is 0 Å². The third-order valence-electron chi connectivity index (χ3n) is 2.50. The average Bonchev–Trinajstić information content (AvgIpc) is 2.47. The number of benzene rings is 1. The number of aromatic nitrogens is 2. The highest BCUT2D eigenvalue weighted by atomic mass is 35.5. The molecule has 2 aromatic rings. The van der Waals surface area contributed by atoms with Crippen LogP contribution in [-0.4, -0.2) is 21.5 Å². The molecule has 0 amide bonds. The number of carbonyl (C=O) groups excluding carboxylic acids is 1. The zero-order valence-corrected chi connectivity index (χ0v) is 13.0. The maximum absolute atomic E-state index is 12.5. The largest absolute Gasteiger partial charge is 0.433 e. The van der Waals surface area contributed by atoms with Crippen molar-refractivity contribution in [2.24, 2.45) is 0 Å². The van der Waals surface area contributed by atoms with Crippen molar-refractivity contribution in [3.05, 3.63) is 51.8 Å². The van der Waals surface area contributed by atoms with Gasteiger partial charge in [0.15, 0.2) is 10.9 Å². The molecule has 1 aromatic carbocycles. The van der Waals surface area contributed by atoms with Crippen LogP contribution in [0.2, 0.25) is 10.0 Å². The highest BCUT2D eigenvalue weighted by Gasteiger charge is 2.32. The quantitative estimate of drug-likeness (QED) is 0.443. The number of alkyl halides is 3. The molecule has 9 heteroatoms. The molecule has 1 heterocycles. The first-order valence-corrected chi connectivity index (χ1v) is 7.53. The van der Waals surface area contributed by atoms with Gasteiger partial charge in [-0.25, -0.2) is 9.97 Å². The van der Waals surface area contributed by atoms with Gasteiger partial charge in [0.05, 0.1) is 15.8 Å². The van der Waals surface area contributed by atoms with Crippen molar-refractivity contribution < 1.29 is 18.0 Å². The van der Waals surface area contributed by atoms with Crippen molar-refractivity contribution in [3.8, 4) is 0 Å². The summed E-state index contributed by atoms with van der Waals surface area (Å²) in [5.74, 6) is -0.427. The van der Waals surface area contributed by atoms with Crippen LogP contribution < -0.4 is 0 Å². The van der Waals surface area contributed by atoms with Gasteiger partial charge in [0.25, 0.3) is 0 Å². The second-order valence-corrected chi connectivity index (χ2v) is 5.82. The summed E-state index contributed by atoms with van der Waals surface area (Å²) < 4.78 is 37.6. The summed E-state index contributed by atoms with van der Waals surface area (Å²) in [6.07, 6.45) is -3.55. The molecule has 0 aliphatic carbocycles. The van der Waals surface area contributed by atoms with Crippen LogP contribution in [0.4, 0.5) is 13.2 Å². The molecule has 0 fully saturated rings. The maximum atomic E-state index is 12.5. The number of hydrogen-bond donors (Lipinski definition) is 0. The average molecular weight is 367 g/mol. The zero-order valence-electron chi connectivity index (χ0n) is 10.7. The predicted molar refractivity (Wildman–Crippen MR) is 78.6 cm³/mol. The zero-order chi connectivity index (χ0) is 16.3. The number of rotatable bonds is 4. The van der Waals surface area contributed by atoms with Crippen LogP contribution in [0.3, 0.4) is 0 Å². The van der Waals surface area contributed by atoms with Crippen LogP contribution in [0.5, 0.6) is 0 Å². The Kier molecular flexibility index (Phi) is 5.31. The standard InChI is InChI=1S/C13H7Cl2F3N2OS/c14-8-2-1-7(5-9(8)15)10(21)6-22-12-19-4-3-11(20-12)13(16,17)18/h1-5H,6H2. The number of thioether (sulfide) groups is 1. The van der Waals surface area contributed by atoms with Crippen molar-refractivity contribution in [1.29, 1.82) is 0 Å². The Hall–Kier alpha value is -1.31. The third-order valence-corrected chi connectivity index (χ3v) is 4.10. The molecule has 1 aromatic heterocycles. The smallest absolute Gasteiger partial charge is 0.293 e. The fourth-order valence-corrected chi connectivity index (χ4v) is 2.47. The lowest BCUT2D eigenvalue weighted by Crippen LogP contribution is -2.09. The summed E-state index contributed by atoms with van der Waals surface area (Å²) in [5.41, 5.74) is -0.735. The molecule has 0 saturated carbocycles. The minimum absolute atomic E-state index is 0.112. The van der Waals surface area contributed by atoms with E-state index in [9.17, 15) is 18.0 Å². The van der Waals surface area contributed by atoms with E-state index in [1.54, 1.807) is 0 Å². The molecule has 0 unspecified atom stereocenters. The van der Waals surface area contributed by atoms with Crippen molar-refractivity contribution in [3.63, 3.8) is 0 Å². The van der Waals surface area contributed by atoms with E-state index in [0.717, 1.165) is 24.0 Å². The van der Waals surface area contributed by atoms with Gasteiger partial charge in [-0.15, -0.1) is 0 Å². The second kappa shape index (κ2) is 6.85.